The highest BCUT2D eigenvalue weighted by molar-refractivity contribution is 5.96. The van der Waals surface area contributed by atoms with Crippen molar-refractivity contribution < 1.29 is 9.21 Å². The van der Waals surface area contributed by atoms with E-state index < -0.39 is 0 Å². The fraction of sp³-hybridized carbons (Fsp3) is 0.533. The molecule has 2 nitrogen and oxygen atoms in total. The molecule has 1 aromatic heterocycles. The lowest BCUT2D eigenvalue weighted by Crippen LogP contribution is -2.13. The summed E-state index contributed by atoms with van der Waals surface area (Å²) in [6.07, 6.45) is 7.89. The monoisotopic (exact) mass is 232 g/mol. The van der Waals surface area contributed by atoms with Gasteiger partial charge in [0, 0.05) is 11.5 Å². The van der Waals surface area contributed by atoms with Gasteiger partial charge in [0.15, 0.2) is 5.76 Å². The summed E-state index contributed by atoms with van der Waals surface area (Å²) in [7, 11) is 0. The Morgan fingerprint density at radius 3 is 2.88 bits per heavy atom. The molecule has 0 aromatic carbocycles. The number of allylic oxidation sites excluding steroid dienone is 2. The predicted molar refractivity (Wildman–Crippen MR) is 68.3 cm³/mol. The van der Waals surface area contributed by atoms with E-state index in [1.807, 2.05) is 13.8 Å². The Labute approximate surface area is 103 Å². The van der Waals surface area contributed by atoms with E-state index in [9.17, 15) is 4.79 Å². The van der Waals surface area contributed by atoms with E-state index in [1.165, 1.54) is 5.57 Å². The highest BCUT2D eigenvalue weighted by atomic mass is 16.3. The predicted octanol–water partition coefficient (Wildman–Crippen LogP) is 4.08. The minimum atomic E-state index is 0.0743. The van der Waals surface area contributed by atoms with Crippen molar-refractivity contribution in [1.29, 1.82) is 0 Å². The Morgan fingerprint density at radius 2 is 2.12 bits per heavy atom. The molecule has 0 saturated carbocycles. The molecule has 0 aliphatic heterocycles. The Bertz CT molecular complexity index is 451. The van der Waals surface area contributed by atoms with Crippen LogP contribution in [0.1, 0.15) is 54.8 Å². The van der Waals surface area contributed by atoms with Gasteiger partial charge in [-0.05, 0) is 45.1 Å². The number of Topliss-reactive ketones (excluding diaryl/α,β-unsaturated/α-hetero) is 1. The minimum absolute atomic E-state index is 0.0743. The number of ketones is 1. The molecule has 1 aliphatic carbocycles. The van der Waals surface area contributed by atoms with Crippen LogP contribution >= 0.6 is 0 Å². The molecular formula is C15H20O2. The van der Waals surface area contributed by atoms with Crippen LogP contribution in [0.15, 0.2) is 22.3 Å². The molecule has 0 bridgehead atoms. The molecule has 0 radical (unpaired) electrons. The van der Waals surface area contributed by atoms with Crippen LogP contribution in [-0.2, 0) is 6.42 Å². The van der Waals surface area contributed by atoms with Crippen LogP contribution in [0.3, 0.4) is 0 Å². The van der Waals surface area contributed by atoms with E-state index in [0.29, 0.717) is 5.76 Å². The lowest BCUT2D eigenvalue weighted by atomic mass is 9.91. The van der Waals surface area contributed by atoms with Crippen LogP contribution in [0.2, 0.25) is 0 Å². The van der Waals surface area contributed by atoms with Crippen molar-refractivity contribution in [1.82, 2.24) is 0 Å². The van der Waals surface area contributed by atoms with Gasteiger partial charge in [0.05, 0.1) is 6.26 Å². The van der Waals surface area contributed by atoms with Crippen molar-refractivity contribution >= 4 is 5.78 Å². The van der Waals surface area contributed by atoms with Gasteiger partial charge in [-0.15, -0.1) is 0 Å². The Hall–Kier alpha value is -1.31. The van der Waals surface area contributed by atoms with Crippen molar-refractivity contribution in [2.75, 3.05) is 0 Å². The molecule has 92 valence electrons. The average Bonchev–Trinajstić information content (AvgIpc) is 2.66. The van der Waals surface area contributed by atoms with Crippen LogP contribution in [-0.4, -0.2) is 5.78 Å². The first-order chi connectivity index (χ1) is 8.09. The number of furan rings is 1. The molecule has 1 atom stereocenters. The van der Waals surface area contributed by atoms with Crippen molar-refractivity contribution in [2.45, 2.75) is 46.5 Å². The highest BCUT2D eigenvalue weighted by Crippen LogP contribution is 2.25. The summed E-state index contributed by atoms with van der Waals surface area (Å²) in [5.41, 5.74) is 3.58. The molecule has 2 rings (SSSR count). The Balaban J connectivity index is 2.40. The standard InChI is InChI=1S/C15H20O2/c1-10-5-4-6-11(2)14(16)15-13(8-7-10)12(3)9-17-15/h7,9,11H,4-6,8H2,1-3H3/b10-7+. The number of aryl methyl sites for hydroxylation is 1. The van der Waals surface area contributed by atoms with E-state index in [2.05, 4.69) is 13.0 Å². The minimum Gasteiger partial charge on any atom is -0.461 e. The fourth-order valence-electron chi connectivity index (χ4n) is 2.35. The zero-order valence-electron chi connectivity index (χ0n) is 10.9. The number of hydrogen-bond donors (Lipinski definition) is 0. The van der Waals surface area contributed by atoms with E-state index in [1.54, 1.807) is 6.26 Å². The highest BCUT2D eigenvalue weighted by Gasteiger charge is 2.23. The van der Waals surface area contributed by atoms with Gasteiger partial charge in [-0.3, -0.25) is 4.79 Å². The maximum Gasteiger partial charge on any atom is 0.201 e. The molecule has 0 fully saturated rings. The van der Waals surface area contributed by atoms with Crippen LogP contribution < -0.4 is 0 Å². The zero-order chi connectivity index (χ0) is 12.4. The summed E-state index contributed by atoms with van der Waals surface area (Å²) in [6, 6.07) is 0. The van der Waals surface area contributed by atoms with Gasteiger partial charge >= 0.3 is 0 Å². The largest absolute Gasteiger partial charge is 0.461 e. The molecule has 0 amide bonds. The summed E-state index contributed by atoms with van der Waals surface area (Å²) in [4.78, 5) is 12.2. The molecule has 0 spiro atoms. The number of carbonyl (C=O) groups excluding carboxylic acids is 1. The van der Waals surface area contributed by atoms with Crippen LogP contribution in [0, 0.1) is 12.8 Å². The smallest absolute Gasteiger partial charge is 0.201 e. The normalized spacial score (nSPS) is 25.0. The number of fused-ring (bicyclic) bond motifs is 1. The number of rotatable bonds is 0. The van der Waals surface area contributed by atoms with Crippen molar-refractivity contribution in [3.05, 3.63) is 34.8 Å². The Kier molecular flexibility index (Phi) is 3.51. The summed E-state index contributed by atoms with van der Waals surface area (Å²) >= 11 is 0. The molecule has 1 unspecified atom stereocenters. The number of carbonyl (C=O) groups is 1. The second kappa shape index (κ2) is 4.91. The summed E-state index contributed by atoms with van der Waals surface area (Å²) in [5.74, 6) is 0.826. The fourth-order valence-corrected chi connectivity index (χ4v) is 2.35. The van der Waals surface area contributed by atoms with E-state index in [0.717, 1.165) is 36.8 Å². The first-order valence-electron chi connectivity index (χ1n) is 6.36. The van der Waals surface area contributed by atoms with Gasteiger partial charge in [0.25, 0.3) is 0 Å². The van der Waals surface area contributed by atoms with Crippen molar-refractivity contribution in [3.63, 3.8) is 0 Å². The first-order valence-corrected chi connectivity index (χ1v) is 6.36. The third-order valence-electron chi connectivity index (χ3n) is 3.64. The molecule has 1 heterocycles. The van der Waals surface area contributed by atoms with Crippen molar-refractivity contribution in [3.8, 4) is 0 Å². The second-order valence-electron chi connectivity index (χ2n) is 5.14. The third-order valence-corrected chi connectivity index (χ3v) is 3.64. The SMILES string of the molecule is C/C1=C\Cc2c(C)coc2C(=O)C(C)CCC1. The van der Waals surface area contributed by atoms with E-state index in [-0.39, 0.29) is 11.7 Å². The first kappa shape index (κ1) is 12.2. The van der Waals surface area contributed by atoms with Gasteiger partial charge in [0.2, 0.25) is 5.78 Å². The maximum atomic E-state index is 12.2. The van der Waals surface area contributed by atoms with Gasteiger partial charge in [0.1, 0.15) is 0 Å². The number of hydrogen-bond acceptors (Lipinski definition) is 2. The van der Waals surface area contributed by atoms with Gasteiger partial charge < -0.3 is 4.42 Å². The van der Waals surface area contributed by atoms with Crippen molar-refractivity contribution in [2.24, 2.45) is 5.92 Å². The summed E-state index contributed by atoms with van der Waals surface area (Å²) in [6.45, 7) is 6.18. The van der Waals surface area contributed by atoms with Gasteiger partial charge in [-0.1, -0.05) is 18.6 Å². The lowest BCUT2D eigenvalue weighted by molar-refractivity contribution is 0.0893. The van der Waals surface area contributed by atoms with Gasteiger partial charge in [-0.25, -0.2) is 0 Å². The van der Waals surface area contributed by atoms with Crippen LogP contribution in [0.25, 0.3) is 0 Å². The quantitative estimate of drug-likeness (QED) is 0.631. The molecule has 1 aromatic rings. The Morgan fingerprint density at radius 1 is 1.35 bits per heavy atom. The summed E-state index contributed by atoms with van der Waals surface area (Å²) in [5, 5.41) is 0. The molecular weight excluding hydrogens is 212 g/mol. The van der Waals surface area contributed by atoms with E-state index >= 15 is 0 Å². The summed E-state index contributed by atoms with van der Waals surface area (Å²) < 4.78 is 5.46. The topological polar surface area (TPSA) is 30.2 Å². The molecule has 0 saturated heterocycles. The average molecular weight is 232 g/mol. The second-order valence-corrected chi connectivity index (χ2v) is 5.14. The molecule has 0 N–H and O–H groups in total. The van der Waals surface area contributed by atoms with E-state index in [4.69, 9.17) is 4.42 Å². The maximum absolute atomic E-state index is 12.2. The lowest BCUT2D eigenvalue weighted by Gasteiger charge is -2.12. The molecule has 2 heteroatoms. The third kappa shape index (κ3) is 2.51. The molecule has 1 aliphatic rings. The van der Waals surface area contributed by atoms with Crippen LogP contribution in [0.5, 0.6) is 0 Å². The van der Waals surface area contributed by atoms with Crippen LogP contribution in [0.4, 0.5) is 0 Å². The zero-order valence-corrected chi connectivity index (χ0v) is 10.9. The molecule has 17 heavy (non-hydrogen) atoms. The van der Waals surface area contributed by atoms with Gasteiger partial charge in [-0.2, -0.15) is 0 Å².